The zero-order valence-corrected chi connectivity index (χ0v) is 13.8. The van der Waals surface area contributed by atoms with Gasteiger partial charge in [-0.2, -0.15) is 0 Å². The first-order chi connectivity index (χ1) is 10.7. The number of benzene rings is 2. The summed E-state index contributed by atoms with van der Waals surface area (Å²) in [5, 5.41) is 0. The third-order valence-electron chi connectivity index (χ3n) is 3.72. The first kappa shape index (κ1) is 16.4. The molecule has 0 aliphatic carbocycles. The Balaban J connectivity index is 1.99. The highest BCUT2D eigenvalue weighted by molar-refractivity contribution is 5.64. The molecular formula is C20H26O2. The molecule has 2 aromatic rings. The van der Waals surface area contributed by atoms with Gasteiger partial charge in [0.05, 0.1) is 12.7 Å². The van der Waals surface area contributed by atoms with Gasteiger partial charge in [0, 0.05) is 0 Å². The summed E-state index contributed by atoms with van der Waals surface area (Å²) in [6.07, 6.45) is 3.52. The summed E-state index contributed by atoms with van der Waals surface area (Å²) in [7, 11) is 0. The van der Waals surface area contributed by atoms with Crippen molar-refractivity contribution >= 4 is 0 Å². The molecule has 22 heavy (non-hydrogen) atoms. The summed E-state index contributed by atoms with van der Waals surface area (Å²) in [5.41, 5.74) is 2.38. The number of ether oxygens (including phenoxy) is 2. The van der Waals surface area contributed by atoms with Crippen LogP contribution in [-0.2, 0) is 0 Å². The first-order valence-electron chi connectivity index (χ1n) is 8.23. The van der Waals surface area contributed by atoms with Gasteiger partial charge in [0.25, 0.3) is 0 Å². The maximum Gasteiger partial charge on any atom is 0.119 e. The number of rotatable bonds is 8. The van der Waals surface area contributed by atoms with E-state index in [1.54, 1.807) is 0 Å². The molecule has 0 aliphatic rings. The van der Waals surface area contributed by atoms with Gasteiger partial charge in [0.1, 0.15) is 11.5 Å². The fourth-order valence-corrected chi connectivity index (χ4v) is 2.12. The van der Waals surface area contributed by atoms with Crippen LogP contribution in [0.15, 0.2) is 48.5 Å². The second-order valence-electron chi connectivity index (χ2n) is 5.59. The highest BCUT2D eigenvalue weighted by atomic mass is 16.5. The molecule has 0 aliphatic heterocycles. The molecule has 1 unspecified atom stereocenters. The highest BCUT2D eigenvalue weighted by Gasteiger charge is 2.03. The van der Waals surface area contributed by atoms with Crippen molar-refractivity contribution in [2.75, 3.05) is 6.61 Å². The van der Waals surface area contributed by atoms with Crippen molar-refractivity contribution in [1.29, 1.82) is 0 Å². The second kappa shape index (κ2) is 8.47. The van der Waals surface area contributed by atoms with Crippen LogP contribution in [0.4, 0.5) is 0 Å². The average molecular weight is 298 g/mol. The second-order valence-corrected chi connectivity index (χ2v) is 5.59. The summed E-state index contributed by atoms with van der Waals surface area (Å²) in [6.45, 7) is 7.17. The predicted octanol–water partition coefficient (Wildman–Crippen LogP) is 5.71. The van der Waals surface area contributed by atoms with Gasteiger partial charge in [0.15, 0.2) is 0 Å². The third kappa shape index (κ3) is 4.80. The molecule has 0 saturated carbocycles. The minimum atomic E-state index is 0.255. The van der Waals surface area contributed by atoms with Crippen LogP contribution in [0.5, 0.6) is 11.5 Å². The van der Waals surface area contributed by atoms with E-state index in [1.165, 1.54) is 11.1 Å². The molecule has 1 atom stereocenters. The van der Waals surface area contributed by atoms with Crippen molar-refractivity contribution in [3.63, 3.8) is 0 Å². The molecule has 2 rings (SSSR count). The van der Waals surface area contributed by atoms with E-state index in [9.17, 15) is 0 Å². The van der Waals surface area contributed by atoms with Gasteiger partial charge < -0.3 is 9.47 Å². The molecule has 0 fully saturated rings. The Morgan fingerprint density at radius 3 is 1.86 bits per heavy atom. The van der Waals surface area contributed by atoms with Gasteiger partial charge in [-0.05, 0) is 55.2 Å². The third-order valence-corrected chi connectivity index (χ3v) is 3.72. The molecule has 0 aromatic heterocycles. The van der Waals surface area contributed by atoms with E-state index in [0.29, 0.717) is 0 Å². The number of hydrogen-bond donors (Lipinski definition) is 0. The van der Waals surface area contributed by atoms with E-state index in [-0.39, 0.29) is 6.10 Å². The van der Waals surface area contributed by atoms with Gasteiger partial charge >= 0.3 is 0 Å². The summed E-state index contributed by atoms with van der Waals surface area (Å²) in [5.74, 6) is 1.87. The van der Waals surface area contributed by atoms with Crippen LogP contribution in [0, 0.1) is 0 Å². The Labute approximate surface area is 134 Å². The summed E-state index contributed by atoms with van der Waals surface area (Å²) in [6, 6.07) is 16.6. The zero-order valence-electron chi connectivity index (χ0n) is 13.8. The largest absolute Gasteiger partial charge is 0.494 e. The fraction of sp³-hybridized carbons (Fsp3) is 0.400. The minimum absolute atomic E-state index is 0.255. The van der Waals surface area contributed by atoms with E-state index < -0.39 is 0 Å². The van der Waals surface area contributed by atoms with Crippen molar-refractivity contribution in [3.8, 4) is 22.6 Å². The van der Waals surface area contributed by atoms with Crippen molar-refractivity contribution < 1.29 is 9.47 Å². The van der Waals surface area contributed by atoms with Gasteiger partial charge in [-0.3, -0.25) is 0 Å². The molecule has 0 radical (unpaired) electrons. The normalized spacial score (nSPS) is 12.0. The maximum absolute atomic E-state index is 5.81. The predicted molar refractivity (Wildman–Crippen MR) is 92.7 cm³/mol. The lowest BCUT2D eigenvalue weighted by atomic mass is 10.1. The molecule has 0 amide bonds. The summed E-state index contributed by atoms with van der Waals surface area (Å²) >= 11 is 0. The molecule has 2 aromatic carbocycles. The number of hydrogen-bond acceptors (Lipinski definition) is 2. The first-order valence-corrected chi connectivity index (χ1v) is 8.23. The van der Waals surface area contributed by atoms with Crippen molar-refractivity contribution in [3.05, 3.63) is 48.5 Å². The van der Waals surface area contributed by atoms with Crippen LogP contribution in [0.25, 0.3) is 11.1 Å². The Bertz CT molecular complexity index is 543. The quantitative estimate of drug-likeness (QED) is 0.581. The molecule has 2 heteroatoms. The van der Waals surface area contributed by atoms with Crippen molar-refractivity contribution in [1.82, 2.24) is 0 Å². The van der Waals surface area contributed by atoms with Gasteiger partial charge in [-0.25, -0.2) is 0 Å². The van der Waals surface area contributed by atoms with Gasteiger partial charge in [-0.15, -0.1) is 0 Å². The van der Waals surface area contributed by atoms with Crippen LogP contribution in [-0.4, -0.2) is 12.7 Å². The Morgan fingerprint density at radius 2 is 1.36 bits per heavy atom. The van der Waals surface area contributed by atoms with E-state index in [0.717, 1.165) is 37.4 Å². The van der Waals surface area contributed by atoms with Gasteiger partial charge in [0.2, 0.25) is 0 Å². The SMILES string of the molecule is CCCCOc1ccc(-c2ccc(OC(C)CC)cc2)cc1. The van der Waals surface area contributed by atoms with Crippen molar-refractivity contribution in [2.45, 2.75) is 46.1 Å². The number of unbranched alkanes of at least 4 members (excludes halogenated alkanes) is 1. The molecule has 0 bridgehead atoms. The smallest absolute Gasteiger partial charge is 0.119 e. The van der Waals surface area contributed by atoms with E-state index in [4.69, 9.17) is 9.47 Å². The standard InChI is InChI=1S/C20H26O2/c1-4-6-15-21-19-11-7-17(8-12-19)18-9-13-20(14-10-18)22-16(3)5-2/h7-14,16H,4-6,15H2,1-3H3. The molecule has 2 nitrogen and oxygen atoms in total. The molecule has 0 spiro atoms. The topological polar surface area (TPSA) is 18.5 Å². The lowest BCUT2D eigenvalue weighted by Crippen LogP contribution is -2.09. The Hall–Kier alpha value is -1.96. The summed E-state index contributed by atoms with van der Waals surface area (Å²) in [4.78, 5) is 0. The molecule has 118 valence electrons. The average Bonchev–Trinajstić information content (AvgIpc) is 2.56. The molecule has 0 heterocycles. The maximum atomic E-state index is 5.81. The molecule has 0 N–H and O–H groups in total. The van der Waals surface area contributed by atoms with Crippen LogP contribution in [0.3, 0.4) is 0 Å². The summed E-state index contributed by atoms with van der Waals surface area (Å²) < 4.78 is 11.5. The van der Waals surface area contributed by atoms with Crippen LogP contribution >= 0.6 is 0 Å². The lowest BCUT2D eigenvalue weighted by molar-refractivity contribution is 0.217. The highest BCUT2D eigenvalue weighted by Crippen LogP contribution is 2.25. The van der Waals surface area contributed by atoms with Crippen molar-refractivity contribution in [2.24, 2.45) is 0 Å². The van der Waals surface area contributed by atoms with Gasteiger partial charge in [-0.1, -0.05) is 44.5 Å². The van der Waals surface area contributed by atoms with E-state index in [1.807, 2.05) is 24.3 Å². The zero-order chi connectivity index (χ0) is 15.8. The molecule has 0 saturated heterocycles. The Kier molecular flexibility index (Phi) is 6.32. The molecular weight excluding hydrogens is 272 g/mol. The monoisotopic (exact) mass is 298 g/mol. The van der Waals surface area contributed by atoms with Crippen LogP contribution in [0.1, 0.15) is 40.0 Å². The minimum Gasteiger partial charge on any atom is -0.494 e. The van der Waals surface area contributed by atoms with E-state index in [2.05, 4.69) is 45.0 Å². The van der Waals surface area contributed by atoms with Crippen LogP contribution < -0.4 is 9.47 Å². The Morgan fingerprint density at radius 1 is 0.818 bits per heavy atom. The van der Waals surface area contributed by atoms with E-state index >= 15 is 0 Å². The fourth-order valence-electron chi connectivity index (χ4n) is 2.12. The lowest BCUT2D eigenvalue weighted by Gasteiger charge is -2.13. The van der Waals surface area contributed by atoms with Crippen LogP contribution in [0.2, 0.25) is 0 Å².